The highest BCUT2D eigenvalue weighted by Crippen LogP contribution is 2.20. The molecule has 20 heavy (non-hydrogen) atoms. The minimum atomic E-state index is -0.909. The highest BCUT2D eigenvalue weighted by molar-refractivity contribution is 5.75. The molecule has 1 unspecified atom stereocenters. The number of carbonyl (C=O) groups is 2. The maximum Gasteiger partial charge on any atom is 0.317 e. The fraction of sp³-hybridized carbons (Fsp3) is 0.846. The lowest BCUT2D eigenvalue weighted by Crippen LogP contribution is -2.57. The van der Waals surface area contributed by atoms with Gasteiger partial charge in [-0.15, -0.1) is 0 Å². The van der Waals surface area contributed by atoms with Crippen molar-refractivity contribution in [3.8, 4) is 0 Å². The monoisotopic (exact) mass is 286 g/mol. The Bertz CT molecular complexity index is 368. The first-order chi connectivity index (χ1) is 9.48. The Morgan fingerprint density at radius 2 is 2.05 bits per heavy atom. The number of carboxylic acids is 1. The van der Waals surface area contributed by atoms with E-state index in [1.165, 1.54) is 0 Å². The number of nitrogens with zero attached hydrogens (tertiary/aromatic N) is 1. The second kappa shape index (κ2) is 6.41. The molecule has 0 aromatic rings. The number of nitrogens with one attached hydrogen (secondary N) is 1. The number of rotatable bonds is 3. The van der Waals surface area contributed by atoms with Gasteiger partial charge in [0.25, 0.3) is 0 Å². The van der Waals surface area contributed by atoms with Crippen molar-refractivity contribution in [3.05, 3.63) is 0 Å². The number of carbonyl (C=O) groups excluding carboxylic acids is 1. The molecule has 0 aromatic carbocycles. The number of amides is 2. The van der Waals surface area contributed by atoms with E-state index < -0.39 is 12.1 Å². The van der Waals surface area contributed by atoms with Crippen LogP contribution in [0.1, 0.15) is 26.2 Å². The predicted octanol–water partition coefficient (Wildman–Crippen LogP) is 0.441. The Labute approximate surface area is 118 Å². The molecule has 2 heterocycles. The number of hydrogen-bond donors (Lipinski definition) is 2. The third-order valence-corrected chi connectivity index (χ3v) is 3.83. The van der Waals surface area contributed by atoms with Crippen LogP contribution in [0, 0.1) is 0 Å². The molecule has 0 spiro atoms. The Balaban J connectivity index is 1.86. The summed E-state index contributed by atoms with van der Waals surface area (Å²) >= 11 is 0. The lowest BCUT2D eigenvalue weighted by molar-refractivity contribution is -0.141. The lowest BCUT2D eigenvalue weighted by Gasteiger charge is -2.38. The summed E-state index contributed by atoms with van der Waals surface area (Å²) in [5, 5.41) is 11.8. The topological polar surface area (TPSA) is 88.1 Å². The summed E-state index contributed by atoms with van der Waals surface area (Å²) in [5.74, 6) is -0.909. The van der Waals surface area contributed by atoms with Gasteiger partial charge in [-0.3, -0.25) is 4.79 Å². The van der Waals surface area contributed by atoms with Gasteiger partial charge in [0.05, 0.1) is 19.1 Å². The van der Waals surface area contributed by atoms with E-state index >= 15 is 0 Å². The summed E-state index contributed by atoms with van der Waals surface area (Å²) in [6, 6.07) is -0.145. The van der Waals surface area contributed by atoms with Crippen molar-refractivity contribution >= 4 is 12.0 Å². The van der Waals surface area contributed by atoms with Crippen molar-refractivity contribution < 1.29 is 24.2 Å². The number of morpholine rings is 1. The van der Waals surface area contributed by atoms with Gasteiger partial charge in [0.15, 0.2) is 0 Å². The molecule has 0 aromatic heterocycles. The highest BCUT2D eigenvalue weighted by atomic mass is 16.5. The van der Waals surface area contributed by atoms with Crippen LogP contribution in [-0.4, -0.2) is 66.6 Å². The number of urea groups is 1. The van der Waals surface area contributed by atoms with Crippen LogP contribution in [0.2, 0.25) is 0 Å². The van der Waals surface area contributed by atoms with Crippen LogP contribution in [0.25, 0.3) is 0 Å². The normalized spacial score (nSPS) is 26.1. The molecule has 7 nitrogen and oxygen atoms in total. The average Bonchev–Trinajstić information content (AvgIpc) is 2.38. The molecule has 2 rings (SSSR count). The zero-order valence-corrected chi connectivity index (χ0v) is 11.8. The second-order valence-corrected chi connectivity index (χ2v) is 5.64. The van der Waals surface area contributed by atoms with E-state index in [9.17, 15) is 9.59 Å². The second-order valence-electron chi connectivity index (χ2n) is 5.64. The van der Waals surface area contributed by atoms with Crippen LogP contribution in [0.15, 0.2) is 0 Å². The van der Waals surface area contributed by atoms with E-state index in [0.29, 0.717) is 32.9 Å². The van der Waals surface area contributed by atoms with Crippen molar-refractivity contribution in [2.75, 3.05) is 32.9 Å². The van der Waals surface area contributed by atoms with Gasteiger partial charge in [-0.25, -0.2) is 4.79 Å². The van der Waals surface area contributed by atoms with Crippen molar-refractivity contribution in [3.63, 3.8) is 0 Å². The Kier molecular flexibility index (Phi) is 4.82. The molecule has 2 aliphatic heterocycles. The summed E-state index contributed by atoms with van der Waals surface area (Å²) in [6.07, 6.45) is 1.09. The molecule has 2 aliphatic rings. The summed E-state index contributed by atoms with van der Waals surface area (Å²) in [4.78, 5) is 24.6. The minimum Gasteiger partial charge on any atom is -0.481 e. The van der Waals surface area contributed by atoms with E-state index in [4.69, 9.17) is 14.6 Å². The van der Waals surface area contributed by atoms with E-state index in [0.717, 1.165) is 12.8 Å². The van der Waals surface area contributed by atoms with Gasteiger partial charge in [-0.1, -0.05) is 0 Å². The molecule has 2 amide bonds. The smallest absolute Gasteiger partial charge is 0.317 e. The molecule has 0 bridgehead atoms. The highest BCUT2D eigenvalue weighted by Gasteiger charge is 2.32. The van der Waals surface area contributed by atoms with Gasteiger partial charge in [0, 0.05) is 31.8 Å². The zero-order chi connectivity index (χ0) is 14.6. The van der Waals surface area contributed by atoms with Crippen LogP contribution < -0.4 is 5.32 Å². The first kappa shape index (κ1) is 15.1. The van der Waals surface area contributed by atoms with Crippen molar-refractivity contribution in [1.29, 1.82) is 0 Å². The fourth-order valence-corrected chi connectivity index (χ4v) is 2.51. The standard InChI is InChI=1S/C13H22N2O5/c1-13(2-5-19-6-3-13)14-12(18)15-4-7-20-10(9-15)8-11(16)17/h10H,2-9H2,1H3,(H,14,18)(H,16,17). The summed E-state index contributed by atoms with van der Waals surface area (Å²) in [6.45, 7) is 4.52. The molecular weight excluding hydrogens is 264 g/mol. The van der Waals surface area contributed by atoms with Gasteiger partial charge in [-0.05, 0) is 19.8 Å². The van der Waals surface area contributed by atoms with E-state index in [2.05, 4.69) is 5.32 Å². The summed E-state index contributed by atoms with van der Waals surface area (Å²) in [7, 11) is 0. The van der Waals surface area contributed by atoms with Gasteiger partial charge < -0.3 is 24.8 Å². The average molecular weight is 286 g/mol. The number of hydrogen-bond acceptors (Lipinski definition) is 4. The van der Waals surface area contributed by atoms with Crippen LogP contribution in [0.3, 0.4) is 0 Å². The summed E-state index contributed by atoms with van der Waals surface area (Å²) < 4.78 is 10.7. The lowest BCUT2D eigenvalue weighted by atomic mass is 9.93. The molecule has 2 fully saturated rings. The van der Waals surface area contributed by atoms with Gasteiger partial charge in [0.1, 0.15) is 0 Å². The van der Waals surface area contributed by atoms with E-state index in [1.54, 1.807) is 4.90 Å². The number of carboxylic acid groups (broad SMARTS) is 1. The van der Waals surface area contributed by atoms with Crippen LogP contribution >= 0.6 is 0 Å². The maximum absolute atomic E-state index is 12.3. The Morgan fingerprint density at radius 1 is 1.35 bits per heavy atom. The number of ether oxygens (including phenoxy) is 2. The molecule has 7 heteroatoms. The molecule has 2 N–H and O–H groups in total. The Hall–Kier alpha value is -1.34. The molecule has 0 radical (unpaired) electrons. The predicted molar refractivity (Wildman–Crippen MR) is 70.6 cm³/mol. The van der Waals surface area contributed by atoms with Crippen molar-refractivity contribution in [2.24, 2.45) is 0 Å². The molecule has 0 saturated carbocycles. The largest absolute Gasteiger partial charge is 0.481 e. The van der Waals surface area contributed by atoms with Gasteiger partial charge in [0.2, 0.25) is 0 Å². The van der Waals surface area contributed by atoms with Gasteiger partial charge in [-0.2, -0.15) is 0 Å². The van der Waals surface area contributed by atoms with Gasteiger partial charge >= 0.3 is 12.0 Å². The SMILES string of the molecule is CC1(NC(=O)N2CCOC(CC(=O)O)C2)CCOCC1. The Morgan fingerprint density at radius 3 is 2.70 bits per heavy atom. The summed E-state index contributed by atoms with van der Waals surface area (Å²) in [5.41, 5.74) is -0.240. The molecule has 114 valence electrons. The first-order valence-corrected chi connectivity index (χ1v) is 6.97. The third kappa shape index (κ3) is 4.08. The quantitative estimate of drug-likeness (QED) is 0.786. The third-order valence-electron chi connectivity index (χ3n) is 3.83. The molecule has 2 saturated heterocycles. The first-order valence-electron chi connectivity index (χ1n) is 6.97. The van der Waals surface area contributed by atoms with Crippen LogP contribution in [0.5, 0.6) is 0 Å². The number of aliphatic carboxylic acids is 1. The molecule has 1 atom stereocenters. The van der Waals surface area contributed by atoms with Crippen molar-refractivity contribution in [1.82, 2.24) is 10.2 Å². The zero-order valence-electron chi connectivity index (χ0n) is 11.8. The fourth-order valence-electron chi connectivity index (χ4n) is 2.51. The molecule has 0 aliphatic carbocycles. The van der Waals surface area contributed by atoms with Crippen molar-refractivity contribution in [2.45, 2.75) is 37.8 Å². The van der Waals surface area contributed by atoms with E-state index in [1.807, 2.05) is 6.92 Å². The van der Waals surface area contributed by atoms with E-state index in [-0.39, 0.29) is 18.0 Å². The molecular formula is C13H22N2O5. The minimum absolute atomic E-state index is 0.0745. The maximum atomic E-state index is 12.3. The van der Waals surface area contributed by atoms with Crippen LogP contribution in [-0.2, 0) is 14.3 Å². The van der Waals surface area contributed by atoms with Crippen LogP contribution in [0.4, 0.5) is 4.79 Å².